The molecule has 5 nitrogen and oxygen atoms in total. The SMILES string of the molecule is Cc1ncc(Br)cc1C(=O)N1CCC[C@@H]1C(=O)O. The maximum absolute atomic E-state index is 12.3. The van der Waals surface area contributed by atoms with Crippen molar-refractivity contribution in [2.24, 2.45) is 0 Å². The van der Waals surface area contributed by atoms with Crippen LogP contribution in [-0.2, 0) is 4.79 Å². The van der Waals surface area contributed by atoms with Crippen LogP contribution in [0.1, 0.15) is 28.9 Å². The number of hydrogen-bond donors (Lipinski definition) is 1. The molecule has 1 saturated heterocycles. The van der Waals surface area contributed by atoms with Gasteiger partial charge in [0, 0.05) is 17.2 Å². The van der Waals surface area contributed by atoms with Gasteiger partial charge in [-0.1, -0.05) is 0 Å². The third-order valence-corrected chi connectivity index (χ3v) is 3.52. The molecule has 0 aliphatic carbocycles. The third-order valence-electron chi connectivity index (χ3n) is 3.08. The number of carboxylic acid groups (broad SMARTS) is 1. The first-order valence-electron chi connectivity index (χ1n) is 5.66. The normalized spacial score (nSPS) is 19.0. The second-order valence-electron chi connectivity index (χ2n) is 4.28. The molecular formula is C12H13BrN2O3. The van der Waals surface area contributed by atoms with Gasteiger partial charge in [-0.05, 0) is 41.8 Å². The highest BCUT2D eigenvalue weighted by molar-refractivity contribution is 9.10. The van der Waals surface area contributed by atoms with Crippen molar-refractivity contribution in [2.45, 2.75) is 25.8 Å². The Labute approximate surface area is 113 Å². The first-order valence-corrected chi connectivity index (χ1v) is 6.46. The van der Waals surface area contributed by atoms with E-state index < -0.39 is 12.0 Å². The molecule has 1 aromatic heterocycles. The number of aromatic nitrogens is 1. The number of aryl methyl sites for hydroxylation is 1. The maximum atomic E-state index is 12.3. The summed E-state index contributed by atoms with van der Waals surface area (Å²) in [6.45, 7) is 2.23. The van der Waals surface area contributed by atoms with Crippen LogP contribution >= 0.6 is 15.9 Å². The first kappa shape index (κ1) is 13.0. The molecule has 0 saturated carbocycles. The standard InChI is InChI=1S/C12H13BrN2O3/c1-7-9(5-8(13)6-14-7)11(16)15-4-2-3-10(15)12(17)18/h5-6,10H,2-4H2,1H3,(H,17,18)/t10-/m1/s1. The summed E-state index contributed by atoms with van der Waals surface area (Å²) in [4.78, 5) is 28.9. The van der Waals surface area contributed by atoms with Gasteiger partial charge in [-0.15, -0.1) is 0 Å². The second-order valence-corrected chi connectivity index (χ2v) is 5.20. The van der Waals surface area contributed by atoms with Crippen molar-refractivity contribution < 1.29 is 14.7 Å². The minimum atomic E-state index is -0.943. The van der Waals surface area contributed by atoms with E-state index in [0.29, 0.717) is 28.7 Å². The summed E-state index contributed by atoms with van der Waals surface area (Å²) in [5.74, 6) is -1.20. The molecule has 2 rings (SSSR count). The van der Waals surface area contributed by atoms with Gasteiger partial charge < -0.3 is 10.0 Å². The van der Waals surface area contributed by atoms with E-state index in [1.54, 1.807) is 19.2 Å². The summed E-state index contributed by atoms with van der Waals surface area (Å²) >= 11 is 3.27. The van der Waals surface area contributed by atoms with Crippen LogP contribution in [0.5, 0.6) is 0 Å². The van der Waals surface area contributed by atoms with Gasteiger partial charge in [-0.3, -0.25) is 9.78 Å². The Kier molecular flexibility index (Phi) is 3.65. The van der Waals surface area contributed by atoms with Crippen molar-refractivity contribution >= 4 is 27.8 Å². The summed E-state index contributed by atoms with van der Waals surface area (Å²) in [6, 6.07) is 0.970. The van der Waals surface area contributed by atoms with Crippen LogP contribution in [0, 0.1) is 6.92 Å². The monoisotopic (exact) mass is 312 g/mol. The highest BCUT2D eigenvalue weighted by Crippen LogP contribution is 2.22. The predicted octanol–water partition coefficient (Wildman–Crippen LogP) is 1.84. The Morgan fingerprint density at radius 1 is 1.56 bits per heavy atom. The molecule has 2 heterocycles. The van der Waals surface area contributed by atoms with Gasteiger partial charge in [0.2, 0.25) is 0 Å². The smallest absolute Gasteiger partial charge is 0.326 e. The van der Waals surface area contributed by atoms with E-state index >= 15 is 0 Å². The fraction of sp³-hybridized carbons (Fsp3) is 0.417. The number of rotatable bonds is 2. The Balaban J connectivity index is 2.31. The van der Waals surface area contributed by atoms with Crippen LogP contribution in [0.25, 0.3) is 0 Å². The quantitative estimate of drug-likeness (QED) is 0.904. The predicted molar refractivity (Wildman–Crippen MR) is 68.4 cm³/mol. The molecule has 18 heavy (non-hydrogen) atoms. The van der Waals surface area contributed by atoms with E-state index in [1.165, 1.54) is 4.90 Å². The van der Waals surface area contributed by atoms with Crippen molar-refractivity contribution in [1.29, 1.82) is 0 Å². The zero-order chi connectivity index (χ0) is 13.3. The van der Waals surface area contributed by atoms with E-state index in [1.807, 2.05) is 0 Å². The first-order chi connectivity index (χ1) is 8.50. The van der Waals surface area contributed by atoms with Crippen LogP contribution in [0.15, 0.2) is 16.7 Å². The number of carbonyl (C=O) groups excluding carboxylic acids is 1. The van der Waals surface area contributed by atoms with Gasteiger partial charge in [0.05, 0.1) is 11.3 Å². The van der Waals surface area contributed by atoms with Crippen molar-refractivity contribution in [3.63, 3.8) is 0 Å². The second kappa shape index (κ2) is 5.06. The largest absolute Gasteiger partial charge is 0.480 e. The van der Waals surface area contributed by atoms with E-state index in [-0.39, 0.29) is 5.91 Å². The van der Waals surface area contributed by atoms with Crippen LogP contribution in [0.2, 0.25) is 0 Å². The molecule has 1 fully saturated rings. The average molecular weight is 313 g/mol. The average Bonchev–Trinajstić information content (AvgIpc) is 2.80. The van der Waals surface area contributed by atoms with Crippen LogP contribution in [0.3, 0.4) is 0 Å². The molecule has 1 N–H and O–H groups in total. The summed E-state index contributed by atoms with van der Waals surface area (Å²) < 4.78 is 0.711. The molecule has 0 bridgehead atoms. The van der Waals surface area contributed by atoms with Crippen molar-refractivity contribution in [3.8, 4) is 0 Å². The summed E-state index contributed by atoms with van der Waals surface area (Å²) in [5, 5.41) is 9.08. The van der Waals surface area contributed by atoms with Gasteiger partial charge in [0.1, 0.15) is 6.04 Å². The number of nitrogens with zero attached hydrogens (tertiary/aromatic N) is 2. The highest BCUT2D eigenvalue weighted by atomic mass is 79.9. The summed E-state index contributed by atoms with van der Waals surface area (Å²) in [5.41, 5.74) is 1.07. The third kappa shape index (κ3) is 2.38. The van der Waals surface area contributed by atoms with Gasteiger partial charge in [0.25, 0.3) is 5.91 Å². The molecule has 1 aromatic rings. The number of hydrogen-bond acceptors (Lipinski definition) is 3. The van der Waals surface area contributed by atoms with Crippen LogP contribution in [0.4, 0.5) is 0 Å². The number of amides is 1. The molecule has 6 heteroatoms. The maximum Gasteiger partial charge on any atom is 0.326 e. The zero-order valence-corrected chi connectivity index (χ0v) is 11.5. The molecule has 0 unspecified atom stereocenters. The van der Waals surface area contributed by atoms with E-state index in [2.05, 4.69) is 20.9 Å². The van der Waals surface area contributed by atoms with Gasteiger partial charge in [-0.25, -0.2) is 4.79 Å². The van der Waals surface area contributed by atoms with Gasteiger partial charge in [0.15, 0.2) is 0 Å². The fourth-order valence-electron chi connectivity index (χ4n) is 2.15. The number of carbonyl (C=O) groups is 2. The molecule has 0 radical (unpaired) electrons. The highest BCUT2D eigenvalue weighted by Gasteiger charge is 2.35. The van der Waals surface area contributed by atoms with Crippen LogP contribution < -0.4 is 0 Å². The lowest BCUT2D eigenvalue weighted by molar-refractivity contribution is -0.141. The Morgan fingerprint density at radius 3 is 2.94 bits per heavy atom. The molecule has 1 aliphatic heterocycles. The van der Waals surface area contributed by atoms with Crippen molar-refractivity contribution in [3.05, 3.63) is 28.0 Å². The minimum absolute atomic E-state index is 0.258. The number of likely N-dealkylation sites (tertiary alicyclic amines) is 1. The van der Waals surface area contributed by atoms with Gasteiger partial charge in [-0.2, -0.15) is 0 Å². The molecule has 1 amide bonds. The Hall–Kier alpha value is -1.43. The molecule has 1 atom stereocenters. The van der Waals surface area contributed by atoms with Crippen LogP contribution in [-0.4, -0.2) is 39.5 Å². The summed E-state index contributed by atoms with van der Waals surface area (Å²) in [7, 11) is 0. The molecule has 0 aromatic carbocycles. The molecule has 96 valence electrons. The van der Waals surface area contributed by atoms with E-state index in [4.69, 9.17) is 5.11 Å². The lowest BCUT2D eigenvalue weighted by Gasteiger charge is -2.22. The van der Waals surface area contributed by atoms with Crippen molar-refractivity contribution in [2.75, 3.05) is 6.54 Å². The zero-order valence-electron chi connectivity index (χ0n) is 9.89. The summed E-state index contributed by atoms with van der Waals surface area (Å²) in [6.07, 6.45) is 2.86. The number of halogens is 1. The lowest BCUT2D eigenvalue weighted by atomic mass is 10.1. The fourth-order valence-corrected chi connectivity index (χ4v) is 2.48. The number of pyridine rings is 1. The van der Waals surface area contributed by atoms with E-state index in [9.17, 15) is 9.59 Å². The Bertz CT molecular complexity index is 504. The molecule has 1 aliphatic rings. The Morgan fingerprint density at radius 2 is 2.28 bits per heavy atom. The minimum Gasteiger partial charge on any atom is -0.480 e. The molecular weight excluding hydrogens is 300 g/mol. The van der Waals surface area contributed by atoms with Gasteiger partial charge >= 0.3 is 5.97 Å². The van der Waals surface area contributed by atoms with E-state index in [0.717, 1.165) is 6.42 Å². The molecule has 0 spiro atoms. The van der Waals surface area contributed by atoms with Crippen molar-refractivity contribution in [1.82, 2.24) is 9.88 Å². The number of carboxylic acids is 1. The lowest BCUT2D eigenvalue weighted by Crippen LogP contribution is -2.40. The topological polar surface area (TPSA) is 70.5 Å². The number of aliphatic carboxylic acids is 1.